The summed E-state index contributed by atoms with van der Waals surface area (Å²) in [6.45, 7) is 2.20. The predicted octanol–water partition coefficient (Wildman–Crippen LogP) is 5.47. The summed E-state index contributed by atoms with van der Waals surface area (Å²) in [6.07, 6.45) is 2.85. The maximum Gasteiger partial charge on any atom is 0.416 e. The van der Waals surface area contributed by atoms with Gasteiger partial charge in [-0.1, -0.05) is 11.6 Å². The summed E-state index contributed by atoms with van der Waals surface area (Å²) in [4.78, 5) is 15.2. The van der Waals surface area contributed by atoms with Crippen LogP contribution in [0.25, 0.3) is 16.7 Å². The van der Waals surface area contributed by atoms with Crippen LogP contribution in [0.1, 0.15) is 17.5 Å². The molecule has 1 fully saturated rings. The molecule has 14 heteroatoms. The van der Waals surface area contributed by atoms with Gasteiger partial charge in [0.1, 0.15) is 10.5 Å². The average Bonchev–Trinajstić information content (AvgIpc) is 3.43. The molecule has 1 aromatic carbocycles. The van der Waals surface area contributed by atoms with Crippen LogP contribution in [0, 0.1) is 0 Å². The molecule has 0 saturated carbocycles. The van der Waals surface area contributed by atoms with E-state index in [1.807, 2.05) is 0 Å². The van der Waals surface area contributed by atoms with Gasteiger partial charge in [0.25, 0.3) is 0 Å². The number of aromatic nitrogens is 6. The van der Waals surface area contributed by atoms with Crippen molar-refractivity contribution in [3.63, 3.8) is 0 Å². The van der Waals surface area contributed by atoms with Gasteiger partial charge in [-0.05, 0) is 43.3 Å². The molecule has 10 nitrogen and oxygen atoms in total. The first kappa shape index (κ1) is 25.2. The number of likely N-dealkylation sites (tertiary alicyclic amines) is 1. The van der Waals surface area contributed by atoms with Crippen LogP contribution in [0.4, 0.5) is 30.6 Å². The SMILES string of the molecule is CNc1nccn2ncc(Oc3cnc4nc(Nc5cc(CN6CCC6)cc(C(F)(F)F)c5)n(C)c4c3Cl)c12. The zero-order chi connectivity index (χ0) is 27.3. The second-order valence-electron chi connectivity index (χ2n) is 9.20. The number of hydrogen-bond donors (Lipinski definition) is 2. The second kappa shape index (κ2) is 9.58. The van der Waals surface area contributed by atoms with E-state index in [2.05, 4.69) is 35.6 Å². The highest BCUT2D eigenvalue weighted by molar-refractivity contribution is 6.36. The van der Waals surface area contributed by atoms with Gasteiger partial charge in [-0.15, -0.1) is 0 Å². The van der Waals surface area contributed by atoms with Gasteiger partial charge in [-0.3, -0.25) is 4.90 Å². The summed E-state index contributed by atoms with van der Waals surface area (Å²) in [5.74, 6) is 1.52. The van der Waals surface area contributed by atoms with Gasteiger partial charge in [0.05, 0.1) is 18.0 Å². The molecule has 0 radical (unpaired) electrons. The van der Waals surface area contributed by atoms with Gasteiger partial charge in [0.15, 0.2) is 28.5 Å². The van der Waals surface area contributed by atoms with E-state index in [-0.39, 0.29) is 22.4 Å². The molecule has 0 amide bonds. The van der Waals surface area contributed by atoms with E-state index >= 15 is 0 Å². The minimum atomic E-state index is -4.48. The Balaban J connectivity index is 1.34. The van der Waals surface area contributed by atoms with Gasteiger partial charge in [0, 0.05) is 38.7 Å². The Labute approximate surface area is 225 Å². The number of nitrogens with one attached hydrogen (secondary N) is 2. The first-order valence-corrected chi connectivity index (χ1v) is 12.5. The van der Waals surface area contributed by atoms with Crippen molar-refractivity contribution in [2.75, 3.05) is 30.8 Å². The molecule has 0 spiro atoms. The number of alkyl halides is 3. The van der Waals surface area contributed by atoms with Crippen molar-refractivity contribution in [3.05, 3.63) is 59.1 Å². The van der Waals surface area contributed by atoms with Gasteiger partial charge in [-0.2, -0.15) is 23.3 Å². The molecule has 5 aromatic rings. The Morgan fingerprint density at radius 2 is 1.90 bits per heavy atom. The Morgan fingerprint density at radius 1 is 1.08 bits per heavy atom. The first-order valence-electron chi connectivity index (χ1n) is 12.1. The van der Waals surface area contributed by atoms with Gasteiger partial charge in [-0.25, -0.2) is 14.5 Å². The smallest absolute Gasteiger partial charge is 0.416 e. The maximum atomic E-state index is 13.6. The van der Waals surface area contributed by atoms with Crippen molar-refractivity contribution in [2.45, 2.75) is 19.1 Å². The molecule has 202 valence electrons. The van der Waals surface area contributed by atoms with Crippen LogP contribution in [0.15, 0.2) is 43.0 Å². The number of pyridine rings is 1. The highest BCUT2D eigenvalue weighted by Gasteiger charge is 2.32. The summed E-state index contributed by atoms with van der Waals surface area (Å²) < 4.78 is 50.3. The number of halogens is 4. The minimum Gasteiger partial charge on any atom is -0.450 e. The lowest BCUT2D eigenvalue weighted by atomic mass is 10.1. The molecule has 4 aromatic heterocycles. The van der Waals surface area contributed by atoms with Crippen LogP contribution in [-0.2, 0) is 19.8 Å². The molecule has 5 heterocycles. The summed E-state index contributed by atoms with van der Waals surface area (Å²) in [5, 5.41) is 10.5. The average molecular weight is 558 g/mol. The number of nitrogens with zero attached hydrogens (tertiary/aromatic N) is 7. The minimum absolute atomic E-state index is 0.236. The van der Waals surface area contributed by atoms with Crippen LogP contribution >= 0.6 is 11.6 Å². The van der Waals surface area contributed by atoms with Crippen LogP contribution < -0.4 is 15.4 Å². The number of hydrogen-bond acceptors (Lipinski definition) is 8. The van der Waals surface area contributed by atoms with Crippen LogP contribution in [0.3, 0.4) is 0 Å². The van der Waals surface area contributed by atoms with E-state index in [0.717, 1.165) is 25.6 Å². The monoisotopic (exact) mass is 557 g/mol. The Kier molecular flexibility index (Phi) is 6.19. The standard InChI is InChI=1S/C25H23ClF3N9O/c1-30-22-20-18(12-33-38(20)7-4-31-22)39-17-11-32-23-21(19(17)26)36(2)24(35-23)34-16-9-14(13-37-5-3-6-37)8-15(10-16)25(27,28)29/h4,7-12H,3,5-6,13H2,1-2H3,(H,30,31)(H,32,34,35). The quantitative estimate of drug-likeness (QED) is 0.272. The zero-order valence-electron chi connectivity index (χ0n) is 20.9. The van der Waals surface area contributed by atoms with Gasteiger partial charge in [0.2, 0.25) is 5.95 Å². The highest BCUT2D eigenvalue weighted by Crippen LogP contribution is 2.38. The molecule has 0 unspecified atom stereocenters. The van der Waals surface area contributed by atoms with Crippen molar-refractivity contribution in [1.82, 2.24) is 34.0 Å². The zero-order valence-corrected chi connectivity index (χ0v) is 21.7. The number of anilines is 3. The Bertz CT molecular complexity index is 1690. The highest BCUT2D eigenvalue weighted by atomic mass is 35.5. The summed E-state index contributed by atoms with van der Waals surface area (Å²) in [7, 11) is 3.43. The second-order valence-corrected chi connectivity index (χ2v) is 9.58. The largest absolute Gasteiger partial charge is 0.450 e. The molecule has 0 bridgehead atoms. The lowest BCUT2D eigenvalue weighted by Crippen LogP contribution is -2.36. The molecule has 39 heavy (non-hydrogen) atoms. The number of aryl methyl sites for hydroxylation is 1. The molecule has 1 saturated heterocycles. The fraction of sp³-hybridized carbons (Fsp3) is 0.280. The van der Waals surface area contributed by atoms with E-state index < -0.39 is 11.7 Å². The first-order chi connectivity index (χ1) is 18.7. The summed E-state index contributed by atoms with van der Waals surface area (Å²) >= 11 is 6.73. The predicted molar refractivity (Wildman–Crippen MR) is 141 cm³/mol. The van der Waals surface area contributed by atoms with E-state index in [0.29, 0.717) is 40.4 Å². The molecule has 6 rings (SSSR count). The lowest BCUT2D eigenvalue weighted by molar-refractivity contribution is -0.137. The number of ether oxygens (including phenoxy) is 1. The molecule has 0 aliphatic carbocycles. The third-order valence-electron chi connectivity index (χ3n) is 6.59. The van der Waals surface area contributed by atoms with Crippen molar-refractivity contribution < 1.29 is 17.9 Å². The molecule has 2 N–H and O–H groups in total. The number of rotatable bonds is 7. The fourth-order valence-electron chi connectivity index (χ4n) is 4.53. The van der Waals surface area contributed by atoms with Crippen molar-refractivity contribution in [2.24, 2.45) is 7.05 Å². The number of benzene rings is 1. The van der Waals surface area contributed by atoms with Crippen LogP contribution in [0.5, 0.6) is 11.5 Å². The molecule has 1 aliphatic heterocycles. The molecule has 0 atom stereocenters. The van der Waals surface area contributed by atoms with Crippen LogP contribution in [-0.4, -0.2) is 54.2 Å². The summed E-state index contributed by atoms with van der Waals surface area (Å²) in [6, 6.07) is 3.96. The Hall–Kier alpha value is -4.10. The van der Waals surface area contributed by atoms with E-state index in [9.17, 15) is 13.2 Å². The molecular weight excluding hydrogens is 535 g/mol. The number of imidazole rings is 1. The van der Waals surface area contributed by atoms with Crippen molar-refractivity contribution in [3.8, 4) is 11.5 Å². The molecular formula is C25H23ClF3N9O. The summed E-state index contributed by atoms with van der Waals surface area (Å²) in [5.41, 5.74) is 1.49. The topological polar surface area (TPSA) is 97.4 Å². The van der Waals surface area contributed by atoms with Gasteiger partial charge >= 0.3 is 6.18 Å². The lowest BCUT2D eigenvalue weighted by Gasteiger charge is -2.31. The van der Waals surface area contributed by atoms with Crippen molar-refractivity contribution >= 4 is 45.7 Å². The number of fused-ring (bicyclic) bond motifs is 2. The van der Waals surface area contributed by atoms with E-state index in [4.69, 9.17) is 16.3 Å². The van der Waals surface area contributed by atoms with Crippen LogP contribution in [0.2, 0.25) is 5.02 Å². The van der Waals surface area contributed by atoms with E-state index in [1.165, 1.54) is 12.3 Å². The third kappa shape index (κ3) is 4.68. The normalized spacial score (nSPS) is 14.1. The fourth-order valence-corrected chi connectivity index (χ4v) is 4.83. The van der Waals surface area contributed by atoms with E-state index in [1.54, 1.807) is 47.8 Å². The molecule has 1 aliphatic rings. The van der Waals surface area contributed by atoms with Crippen molar-refractivity contribution in [1.29, 1.82) is 0 Å². The Morgan fingerprint density at radius 3 is 2.62 bits per heavy atom. The maximum absolute atomic E-state index is 13.6. The third-order valence-corrected chi connectivity index (χ3v) is 6.96. The van der Waals surface area contributed by atoms with Gasteiger partial charge < -0.3 is 19.9 Å².